The summed E-state index contributed by atoms with van der Waals surface area (Å²) in [5.74, 6) is 5.77. The number of nitrogens with two attached hydrogens (primary N) is 1. The first-order valence-electron chi connectivity index (χ1n) is 6.23. The molecule has 0 amide bonds. The molecule has 0 bridgehead atoms. The number of nitrogens with one attached hydrogen (secondary N) is 2. The third-order valence-corrected chi connectivity index (χ3v) is 2.85. The molecule has 0 spiro atoms. The second kappa shape index (κ2) is 7.38. The van der Waals surface area contributed by atoms with Gasteiger partial charge in [0.1, 0.15) is 5.84 Å². The lowest BCUT2D eigenvalue weighted by Gasteiger charge is -2.18. The molecule has 0 saturated carbocycles. The van der Waals surface area contributed by atoms with Crippen LogP contribution in [-0.4, -0.2) is 17.8 Å². The number of allylic oxidation sites excluding steroid dienone is 2. The van der Waals surface area contributed by atoms with Crippen LogP contribution in [-0.2, 0) is 6.54 Å². The van der Waals surface area contributed by atoms with E-state index in [1.807, 2.05) is 24.9 Å². The van der Waals surface area contributed by atoms with E-state index in [1.165, 1.54) is 11.1 Å². The van der Waals surface area contributed by atoms with E-state index < -0.39 is 0 Å². The Bertz CT molecular complexity index is 471. The molecule has 0 radical (unpaired) electrons. The minimum Gasteiger partial charge on any atom is -0.356 e. The lowest BCUT2D eigenvalue weighted by molar-refractivity contribution is 0.500. The van der Waals surface area contributed by atoms with Gasteiger partial charge in [-0.3, -0.25) is 11.3 Å². The van der Waals surface area contributed by atoms with Gasteiger partial charge in [-0.2, -0.15) is 0 Å². The first-order chi connectivity index (χ1) is 9.06. The molecule has 4 N–H and O–H groups in total. The number of hydrazine groups is 1. The van der Waals surface area contributed by atoms with E-state index in [0.717, 1.165) is 5.70 Å². The zero-order valence-corrected chi connectivity index (χ0v) is 11.8. The van der Waals surface area contributed by atoms with Crippen LogP contribution >= 0.6 is 0 Å². The monoisotopic (exact) mass is 258 g/mol. The molecule has 1 aromatic rings. The molecule has 0 aliphatic carbocycles. The summed E-state index contributed by atoms with van der Waals surface area (Å²) in [4.78, 5) is 1.88. The molecular weight excluding hydrogens is 236 g/mol. The maximum absolute atomic E-state index is 7.97. The van der Waals surface area contributed by atoms with E-state index in [9.17, 15) is 0 Å². The van der Waals surface area contributed by atoms with E-state index in [4.69, 9.17) is 11.3 Å². The predicted molar refractivity (Wildman–Crippen MR) is 80.6 cm³/mol. The van der Waals surface area contributed by atoms with Crippen LogP contribution in [0.3, 0.4) is 0 Å². The summed E-state index contributed by atoms with van der Waals surface area (Å²) in [6.07, 6.45) is 5.36. The predicted octanol–water partition coefficient (Wildman–Crippen LogP) is 2.33. The number of likely N-dealkylation sites (N-methyl/N-ethyl adjacent to an activating group) is 1. The summed E-state index contributed by atoms with van der Waals surface area (Å²) >= 11 is 0. The lowest BCUT2D eigenvalue weighted by Crippen LogP contribution is -2.24. The molecule has 4 nitrogen and oxygen atoms in total. The van der Waals surface area contributed by atoms with Gasteiger partial charge >= 0.3 is 0 Å². The van der Waals surface area contributed by atoms with Crippen LogP contribution in [0.5, 0.6) is 0 Å². The smallest absolute Gasteiger partial charge is 0.120 e. The molecule has 0 saturated heterocycles. The Balaban J connectivity index is 2.60. The van der Waals surface area contributed by atoms with E-state index in [-0.39, 0.29) is 0 Å². The highest BCUT2D eigenvalue weighted by Crippen LogP contribution is 2.06. The zero-order valence-electron chi connectivity index (χ0n) is 11.8. The van der Waals surface area contributed by atoms with Crippen molar-refractivity contribution < 1.29 is 0 Å². The summed E-state index contributed by atoms with van der Waals surface area (Å²) in [5.41, 5.74) is 5.78. The van der Waals surface area contributed by atoms with Crippen molar-refractivity contribution in [2.24, 2.45) is 5.84 Å². The molecular formula is C15H22N4. The van der Waals surface area contributed by atoms with Crippen LogP contribution < -0.4 is 11.3 Å². The van der Waals surface area contributed by atoms with Crippen molar-refractivity contribution in [3.05, 3.63) is 59.3 Å². The van der Waals surface area contributed by atoms with Crippen LogP contribution in [0.4, 0.5) is 0 Å². The Kier molecular flexibility index (Phi) is 5.82. The van der Waals surface area contributed by atoms with Crippen molar-refractivity contribution in [1.29, 1.82) is 5.41 Å². The molecule has 102 valence electrons. The molecule has 1 aromatic carbocycles. The van der Waals surface area contributed by atoms with Gasteiger partial charge in [0.05, 0.1) is 0 Å². The number of aryl methyl sites for hydroxylation is 1. The van der Waals surface area contributed by atoms with Crippen LogP contribution in [0, 0.1) is 12.3 Å². The Morgan fingerprint density at radius 2 is 1.95 bits per heavy atom. The van der Waals surface area contributed by atoms with Crippen LogP contribution in [0.2, 0.25) is 0 Å². The van der Waals surface area contributed by atoms with Crippen molar-refractivity contribution in [2.75, 3.05) is 7.05 Å². The van der Waals surface area contributed by atoms with Crippen LogP contribution in [0.15, 0.2) is 48.2 Å². The fourth-order valence-electron chi connectivity index (χ4n) is 1.58. The number of hydrogen-bond donors (Lipinski definition) is 3. The summed E-state index contributed by atoms with van der Waals surface area (Å²) in [6.45, 7) is 4.67. The quantitative estimate of drug-likeness (QED) is 0.250. The maximum atomic E-state index is 7.97. The van der Waals surface area contributed by atoms with Gasteiger partial charge in [0.2, 0.25) is 0 Å². The summed E-state index contributed by atoms with van der Waals surface area (Å²) < 4.78 is 0. The Labute approximate surface area is 115 Å². The van der Waals surface area contributed by atoms with E-state index in [0.29, 0.717) is 12.4 Å². The SMILES string of the molecule is C/C=C(\C=C/C(=N)N(C)Cc1ccc(C)cc1)NN. The molecule has 0 atom stereocenters. The Morgan fingerprint density at radius 1 is 1.32 bits per heavy atom. The summed E-state index contributed by atoms with van der Waals surface area (Å²) in [6, 6.07) is 8.33. The summed E-state index contributed by atoms with van der Waals surface area (Å²) in [5, 5.41) is 7.97. The van der Waals surface area contributed by atoms with Crippen molar-refractivity contribution in [3.63, 3.8) is 0 Å². The lowest BCUT2D eigenvalue weighted by atomic mass is 10.1. The van der Waals surface area contributed by atoms with Crippen molar-refractivity contribution in [1.82, 2.24) is 10.3 Å². The average molecular weight is 258 g/mol. The Hall–Kier alpha value is -2.07. The van der Waals surface area contributed by atoms with Crippen molar-refractivity contribution in [3.8, 4) is 0 Å². The maximum Gasteiger partial charge on any atom is 0.120 e. The molecule has 0 heterocycles. The molecule has 1 rings (SSSR count). The minimum absolute atomic E-state index is 0.440. The molecule has 0 unspecified atom stereocenters. The molecule has 0 aromatic heterocycles. The highest BCUT2D eigenvalue weighted by atomic mass is 15.2. The van der Waals surface area contributed by atoms with Crippen LogP contribution in [0.25, 0.3) is 0 Å². The van der Waals surface area contributed by atoms with Gasteiger partial charge in [0, 0.05) is 19.3 Å². The van der Waals surface area contributed by atoms with Gasteiger partial charge in [0.15, 0.2) is 0 Å². The first-order valence-corrected chi connectivity index (χ1v) is 6.23. The topological polar surface area (TPSA) is 65.1 Å². The van der Waals surface area contributed by atoms with Gasteiger partial charge < -0.3 is 10.3 Å². The normalized spacial score (nSPS) is 11.7. The highest BCUT2D eigenvalue weighted by Gasteiger charge is 2.02. The van der Waals surface area contributed by atoms with Crippen molar-refractivity contribution in [2.45, 2.75) is 20.4 Å². The van der Waals surface area contributed by atoms with E-state index in [1.54, 1.807) is 12.2 Å². The van der Waals surface area contributed by atoms with Crippen LogP contribution in [0.1, 0.15) is 18.1 Å². The molecule has 0 fully saturated rings. The first kappa shape index (κ1) is 15.0. The zero-order chi connectivity index (χ0) is 14.3. The fourth-order valence-corrected chi connectivity index (χ4v) is 1.58. The largest absolute Gasteiger partial charge is 0.356 e. The van der Waals surface area contributed by atoms with Gasteiger partial charge in [-0.1, -0.05) is 35.9 Å². The highest BCUT2D eigenvalue weighted by molar-refractivity contribution is 5.90. The number of amidine groups is 1. The van der Waals surface area contributed by atoms with Crippen molar-refractivity contribution >= 4 is 5.84 Å². The second-order valence-corrected chi connectivity index (χ2v) is 4.45. The summed E-state index contributed by atoms with van der Waals surface area (Å²) in [7, 11) is 1.90. The van der Waals surface area contributed by atoms with Gasteiger partial charge in [-0.05, 0) is 31.6 Å². The number of hydrogen-bond acceptors (Lipinski definition) is 3. The van der Waals surface area contributed by atoms with E-state index >= 15 is 0 Å². The van der Waals surface area contributed by atoms with Gasteiger partial charge in [-0.25, -0.2) is 0 Å². The Morgan fingerprint density at radius 3 is 2.47 bits per heavy atom. The van der Waals surface area contributed by atoms with Gasteiger partial charge in [0.25, 0.3) is 0 Å². The molecule has 0 aliphatic heterocycles. The number of rotatable bonds is 5. The third kappa shape index (κ3) is 4.97. The van der Waals surface area contributed by atoms with E-state index in [2.05, 4.69) is 36.6 Å². The standard InChI is InChI=1S/C15H22N4/c1-4-14(18-17)9-10-15(16)19(3)11-13-7-5-12(2)6-8-13/h4-10,16,18H,11,17H2,1-3H3/b10-9-,14-4+,16-15?. The number of nitrogens with zero attached hydrogens (tertiary/aromatic N) is 1. The number of benzene rings is 1. The molecule has 19 heavy (non-hydrogen) atoms. The van der Waals surface area contributed by atoms with Gasteiger partial charge in [-0.15, -0.1) is 0 Å². The molecule has 0 aliphatic rings. The third-order valence-electron chi connectivity index (χ3n) is 2.85. The minimum atomic E-state index is 0.440. The second-order valence-electron chi connectivity index (χ2n) is 4.45. The molecule has 4 heteroatoms. The average Bonchev–Trinajstić information content (AvgIpc) is 2.42. The fraction of sp³-hybridized carbons (Fsp3) is 0.267.